The summed E-state index contributed by atoms with van der Waals surface area (Å²) in [7, 11) is 1.64. The van der Waals surface area contributed by atoms with E-state index in [9.17, 15) is 5.11 Å². The molecule has 138 valence electrons. The number of ether oxygens (including phenoxy) is 1. The molecule has 1 aliphatic rings. The molecular weight excluding hydrogens is 346 g/mol. The minimum absolute atomic E-state index is 0.595. The van der Waals surface area contributed by atoms with Crippen molar-refractivity contribution in [2.45, 2.75) is 18.9 Å². The van der Waals surface area contributed by atoms with Crippen molar-refractivity contribution in [1.82, 2.24) is 4.98 Å². The SMILES string of the molecule is COc1cc2c3cc(ccc3n1)C(O)c1cccc(c1)CCc1cccc-2c1. The van der Waals surface area contributed by atoms with Crippen LogP contribution in [0, 0.1) is 0 Å². The predicted molar refractivity (Wildman–Crippen MR) is 112 cm³/mol. The summed E-state index contributed by atoms with van der Waals surface area (Å²) in [6, 6.07) is 24.9. The fourth-order valence-electron chi connectivity index (χ4n) is 4.03. The van der Waals surface area contributed by atoms with Gasteiger partial charge in [0.1, 0.15) is 6.10 Å². The Morgan fingerprint density at radius 3 is 2.43 bits per heavy atom. The summed E-state index contributed by atoms with van der Waals surface area (Å²) < 4.78 is 5.44. The molecule has 1 unspecified atom stereocenters. The van der Waals surface area contributed by atoms with Gasteiger partial charge in [-0.25, -0.2) is 4.98 Å². The van der Waals surface area contributed by atoms with Gasteiger partial charge in [-0.05, 0) is 58.4 Å². The van der Waals surface area contributed by atoms with Crippen LogP contribution in [0.15, 0.2) is 72.8 Å². The molecule has 1 aromatic heterocycles. The van der Waals surface area contributed by atoms with Gasteiger partial charge in [0.15, 0.2) is 0 Å². The fourth-order valence-corrected chi connectivity index (χ4v) is 4.03. The van der Waals surface area contributed by atoms with Crippen molar-refractivity contribution in [2.24, 2.45) is 0 Å². The third-order valence-electron chi connectivity index (χ3n) is 5.54. The van der Waals surface area contributed by atoms with Gasteiger partial charge in [0.25, 0.3) is 0 Å². The Morgan fingerprint density at radius 2 is 1.61 bits per heavy atom. The molecule has 28 heavy (non-hydrogen) atoms. The van der Waals surface area contributed by atoms with E-state index in [-0.39, 0.29) is 0 Å². The maximum atomic E-state index is 11.0. The minimum atomic E-state index is -0.664. The third-order valence-corrected chi connectivity index (χ3v) is 5.54. The average Bonchev–Trinajstić information content (AvgIpc) is 2.76. The van der Waals surface area contributed by atoms with Gasteiger partial charge >= 0.3 is 0 Å². The zero-order chi connectivity index (χ0) is 19.1. The summed E-state index contributed by atoms with van der Waals surface area (Å²) in [5, 5.41) is 12.0. The van der Waals surface area contributed by atoms with Crippen LogP contribution in [0.4, 0.5) is 0 Å². The lowest BCUT2D eigenvalue weighted by molar-refractivity contribution is 0.220. The van der Waals surface area contributed by atoms with Crippen LogP contribution in [0.25, 0.3) is 22.0 Å². The van der Waals surface area contributed by atoms with Crippen molar-refractivity contribution in [1.29, 1.82) is 0 Å². The van der Waals surface area contributed by atoms with Crippen molar-refractivity contribution in [3.63, 3.8) is 0 Å². The van der Waals surface area contributed by atoms with E-state index in [1.54, 1.807) is 7.11 Å². The quantitative estimate of drug-likeness (QED) is 0.509. The fraction of sp³-hybridized carbons (Fsp3) is 0.160. The van der Waals surface area contributed by atoms with E-state index >= 15 is 0 Å². The topological polar surface area (TPSA) is 42.4 Å². The van der Waals surface area contributed by atoms with E-state index in [1.165, 1.54) is 11.1 Å². The normalized spacial score (nSPS) is 15.6. The summed E-state index contributed by atoms with van der Waals surface area (Å²) in [6.45, 7) is 0. The van der Waals surface area contributed by atoms with Crippen molar-refractivity contribution in [2.75, 3.05) is 7.11 Å². The van der Waals surface area contributed by atoms with E-state index in [4.69, 9.17) is 4.74 Å². The molecule has 0 saturated heterocycles. The van der Waals surface area contributed by atoms with Gasteiger partial charge in [-0.15, -0.1) is 0 Å². The zero-order valence-electron chi connectivity index (χ0n) is 15.7. The summed E-state index contributed by atoms with van der Waals surface area (Å²) in [5.41, 5.74) is 7.40. The number of hydrogen-bond acceptors (Lipinski definition) is 3. The van der Waals surface area contributed by atoms with Crippen molar-refractivity contribution in [3.05, 3.63) is 95.1 Å². The van der Waals surface area contributed by atoms with Gasteiger partial charge in [-0.2, -0.15) is 0 Å². The monoisotopic (exact) mass is 367 g/mol. The lowest BCUT2D eigenvalue weighted by Crippen LogP contribution is -2.01. The predicted octanol–water partition coefficient (Wildman–Crippen LogP) is 5.09. The Balaban J connectivity index is 1.82. The summed E-state index contributed by atoms with van der Waals surface area (Å²) >= 11 is 0. The molecule has 0 saturated carbocycles. The first-order valence-corrected chi connectivity index (χ1v) is 9.56. The van der Waals surface area contributed by atoms with Crippen molar-refractivity contribution < 1.29 is 9.84 Å². The first-order chi connectivity index (χ1) is 13.7. The first-order valence-electron chi connectivity index (χ1n) is 9.56. The molecule has 5 rings (SSSR count). The first kappa shape index (κ1) is 17.0. The molecule has 0 radical (unpaired) electrons. The number of pyridine rings is 1. The summed E-state index contributed by atoms with van der Waals surface area (Å²) in [4.78, 5) is 4.60. The Morgan fingerprint density at radius 1 is 0.857 bits per heavy atom. The van der Waals surface area contributed by atoms with Gasteiger partial charge in [0.2, 0.25) is 5.88 Å². The molecule has 0 spiro atoms. The zero-order valence-corrected chi connectivity index (χ0v) is 15.7. The molecule has 0 fully saturated rings. The number of methoxy groups -OCH3 is 1. The standard InChI is InChI=1S/C25H21NO2/c1-28-24-15-21-18-6-2-4-16(12-18)8-9-17-5-3-7-19(13-17)25(27)20-10-11-23(26-24)22(21)14-20/h2-7,10-15,25,27H,8-9H2,1H3. The molecule has 3 heteroatoms. The lowest BCUT2D eigenvalue weighted by atomic mass is 9.95. The molecule has 1 N–H and O–H groups in total. The van der Waals surface area contributed by atoms with Crippen LogP contribution in [0.1, 0.15) is 28.4 Å². The van der Waals surface area contributed by atoms with Crippen LogP contribution in [-0.4, -0.2) is 17.2 Å². The third kappa shape index (κ3) is 2.94. The molecule has 6 bridgehead atoms. The number of aliphatic hydroxyl groups is 1. The van der Waals surface area contributed by atoms with Crippen LogP contribution < -0.4 is 4.74 Å². The maximum absolute atomic E-state index is 11.0. The van der Waals surface area contributed by atoms with Gasteiger partial charge < -0.3 is 9.84 Å². The molecule has 3 aromatic carbocycles. The van der Waals surface area contributed by atoms with Crippen LogP contribution in [0.3, 0.4) is 0 Å². The highest BCUT2D eigenvalue weighted by molar-refractivity contribution is 5.95. The molecule has 1 atom stereocenters. The Hall–Kier alpha value is -3.17. The molecule has 4 aromatic rings. The lowest BCUT2D eigenvalue weighted by Gasteiger charge is -2.15. The molecule has 1 aliphatic carbocycles. The van der Waals surface area contributed by atoms with Crippen molar-refractivity contribution in [3.8, 4) is 17.0 Å². The second-order valence-corrected chi connectivity index (χ2v) is 7.34. The summed E-state index contributed by atoms with van der Waals surface area (Å²) in [6.07, 6.45) is 1.23. The van der Waals surface area contributed by atoms with E-state index in [0.29, 0.717) is 5.88 Å². The summed E-state index contributed by atoms with van der Waals surface area (Å²) in [5.74, 6) is 0.595. The van der Waals surface area contributed by atoms with Crippen LogP contribution >= 0.6 is 0 Å². The number of aryl methyl sites for hydroxylation is 2. The van der Waals surface area contributed by atoms with Gasteiger partial charge in [-0.3, -0.25) is 0 Å². The van der Waals surface area contributed by atoms with Crippen LogP contribution in [0.2, 0.25) is 0 Å². The van der Waals surface area contributed by atoms with E-state index in [2.05, 4.69) is 47.4 Å². The Kier molecular flexibility index (Phi) is 4.10. The molecule has 0 amide bonds. The largest absolute Gasteiger partial charge is 0.481 e. The minimum Gasteiger partial charge on any atom is -0.481 e. The van der Waals surface area contributed by atoms with Crippen molar-refractivity contribution >= 4 is 10.9 Å². The number of benzene rings is 3. The number of aliphatic hydroxyl groups excluding tert-OH is 1. The second-order valence-electron chi connectivity index (χ2n) is 7.34. The highest BCUT2D eigenvalue weighted by Gasteiger charge is 2.16. The molecular formula is C25H21NO2. The second kappa shape index (κ2) is 6.77. The average molecular weight is 367 g/mol. The van der Waals surface area contributed by atoms with E-state index in [1.807, 2.05) is 30.3 Å². The number of hydrogen-bond donors (Lipinski definition) is 1. The van der Waals surface area contributed by atoms with Gasteiger partial charge in [0, 0.05) is 11.5 Å². The van der Waals surface area contributed by atoms with E-state index in [0.717, 1.165) is 46.0 Å². The highest BCUT2D eigenvalue weighted by atomic mass is 16.5. The number of fused-ring (bicyclic) bond motifs is 6. The highest BCUT2D eigenvalue weighted by Crippen LogP contribution is 2.35. The van der Waals surface area contributed by atoms with Crippen LogP contribution in [-0.2, 0) is 12.8 Å². The Bertz CT molecular complexity index is 1180. The van der Waals surface area contributed by atoms with Crippen LogP contribution in [0.5, 0.6) is 5.88 Å². The molecule has 0 aliphatic heterocycles. The van der Waals surface area contributed by atoms with Gasteiger partial charge in [0.05, 0.1) is 12.6 Å². The maximum Gasteiger partial charge on any atom is 0.214 e. The van der Waals surface area contributed by atoms with E-state index < -0.39 is 6.10 Å². The number of rotatable bonds is 1. The molecule has 3 nitrogen and oxygen atoms in total. The smallest absolute Gasteiger partial charge is 0.214 e. The number of aromatic nitrogens is 1. The Labute approximate surface area is 164 Å². The number of nitrogens with zero attached hydrogens (tertiary/aromatic N) is 1. The van der Waals surface area contributed by atoms with Gasteiger partial charge in [-0.1, -0.05) is 54.6 Å². The molecule has 1 heterocycles.